The number of para-hydroxylation sites is 1. The van der Waals surface area contributed by atoms with Crippen molar-refractivity contribution in [2.24, 2.45) is 5.92 Å². The van der Waals surface area contributed by atoms with Crippen molar-refractivity contribution in [2.75, 3.05) is 6.54 Å². The van der Waals surface area contributed by atoms with Crippen LogP contribution in [-0.2, 0) is 17.9 Å². The smallest absolute Gasteiger partial charge is 0.226 e. The number of aromatic nitrogens is 1. The molecule has 0 atom stereocenters. The molecular formula is C23H30N2O2S. The van der Waals surface area contributed by atoms with Gasteiger partial charge in [0, 0.05) is 17.8 Å². The zero-order valence-electron chi connectivity index (χ0n) is 16.9. The van der Waals surface area contributed by atoms with E-state index >= 15 is 0 Å². The fraction of sp³-hybridized carbons (Fsp3) is 0.478. The molecular weight excluding hydrogens is 368 g/mol. The van der Waals surface area contributed by atoms with Gasteiger partial charge in [-0.1, -0.05) is 51.0 Å². The number of carbonyl (C=O) groups excluding carboxylic acids is 1. The summed E-state index contributed by atoms with van der Waals surface area (Å²) in [6.45, 7) is 9.70. The van der Waals surface area contributed by atoms with E-state index in [2.05, 4.69) is 26.5 Å². The van der Waals surface area contributed by atoms with Crippen LogP contribution in [0.25, 0.3) is 0 Å². The fourth-order valence-corrected chi connectivity index (χ4v) is 4.43. The molecule has 0 N–H and O–H groups in total. The summed E-state index contributed by atoms with van der Waals surface area (Å²) < 4.78 is 6.03. The largest absolute Gasteiger partial charge is 0.486 e. The van der Waals surface area contributed by atoms with E-state index in [9.17, 15) is 4.79 Å². The predicted molar refractivity (Wildman–Crippen MR) is 115 cm³/mol. The summed E-state index contributed by atoms with van der Waals surface area (Å²) in [4.78, 5) is 19.4. The minimum absolute atomic E-state index is 0.175. The Balaban J connectivity index is 1.61. The summed E-state index contributed by atoms with van der Waals surface area (Å²) in [5.74, 6) is 1.75. The molecule has 0 bridgehead atoms. The summed E-state index contributed by atoms with van der Waals surface area (Å²) in [5, 5.41) is 2.96. The Bertz CT molecular complexity index is 793. The maximum absolute atomic E-state index is 12.8. The lowest BCUT2D eigenvalue weighted by atomic mass is 10.0. The Morgan fingerprint density at radius 2 is 2.11 bits per heavy atom. The van der Waals surface area contributed by atoms with E-state index in [0.29, 0.717) is 25.6 Å². The van der Waals surface area contributed by atoms with E-state index in [-0.39, 0.29) is 11.8 Å². The van der Waals surface area contributed by atoms with Gasteiger partial charge < -0.3 is 9.64 Å². The third-order valence-electron chi connectivity index (χ3n) is 5.21. The first-order valence-electron chi connectivity index (χ1n) is 10.1. The number of amides is 1. The molecule has 150 valence electrons. The molecule has 0 aliphatic heterocycles. The van der Waals surface area contributed by atoms with Crippen LogP contribution in [-0.4, -0.2) is 22.3 Å². The SMILES string of the molecule is C=CCN(Cc1csc(COc2ccccc2C(C)C)n1)C(=O)C1CCCC1. The molecule has 1 aliphatic rings. The van der Waals surface area contributed by atoms with Gasteiger partial charge in [0.05, 0.1) is 12.2 Å². The summed E-state index contributed by atoms with van der Waals surface area (Å²) in [6, 6.07) is 8.15. The van der Waals surface area contributed by atoms with E-state index < -0.39 is 0 Å². The quantitative estimate of drug-likeness (QED) is 0.520. The van der Waals surface area contributed by atoms with Crippen LogP contribution in [0.2, 0.25) is 0 Å². The molecule has 1 aromatic heterocycles. The number of benzene rings is 1. The first kappa shape index (κ1) is 20.6. The van der Waals surface area contributed by atoms with Gasteiger partial charge in [0.2, 0.25) is 5.91 Å². The van der Waals surface area contributed by atoms with Crippen molar-refractivity contribution >= 4 is 17.2 Å². The third kappa shape index (κ3) is 5.22. The molecule has 1 aliphatic carbocycles. The Morgan fingerprint density at radius 1 is 1.36 bits per heavy atom. The van der Waals surface area contributed by atoms with Crippen LogP contribution in [0.1, 0.15) is 61.7 Å². The van der Waals surface area contributed by atoms with Gasteiger partial charge in [0.15, 0.2) is 0 Å². The van der Waals surface area contributed by atoms with Crippen molar-refractivity contribution in [1.82, 2.24) is 9.88 Å². The van der Waals surface area contributed by atoms with E-state index in [0.717, 1.165) is 42.1 Å². The maximum Gasteiger partial charge on any atom is 0.226 e. The lowest BCUT2D eigenvalue weighted by molar-refractivity contribution is -0.135. The summed E-state index contributed by atoms with van der Waals surface area (Å²) in [5.41, 5.74) is 2.13. The fourth-order valence-electron chi connectivity index (χ4n) is 3.73. The van der Waals surface area contributed by atoms with Gasteiger partial charge in [0.1, 0.15) is 17.4 Å². The van der Waals surface area contributed by atoms with Crippen molar-refractivity contribution < 1.29 is 9.53 Å². The molecule has 1 fully saturated rings. The van der Waals surface area contributed by atoms with Crippen LogP contribution < -0.4 is 4.74 Å². The Morgan fingerprint density at radius 3 is 2.82 bits per heavy atom. The van der Waals surface area contributed by atoms with Crippen LogP contribution in [0.3, 0.4) is 0 Å². The van der Waals surface area contributed by atoms with Crippen LogP contribution in [0, 0.1) is 5.92 Å². The van der Waals surface area contributed by atoms with Crippen molar-refractivity contribution in [3.05, 3.63) is 58.6 Å². The summed E-state index contributed by atoms with van der Waals surface area (Å²) >= 11 is 1.59. The number of ether oxygens (including phenoxy) is 1. The molecule has 1 aromatic carbocycles. The van der Waals surface area contributed by atoms with Gasteiger partial charge in [-0.15, -0.1) is 17.9 Å². The molecule has 1 amide bonds. The lowest BCUT2D eigenvalue weighted by Gasteiger charge is -2.23. The number of nitrogens with zero attached hydrogens (tertiary/aromatic N) is 2. The topological polar surface area (TPSA) is 42.4 Å². The predicted octanol–water partition coefficient (Wildman–Crippen LogP) is 5.55. The molecule has 28 heavy (non-hydrogen) atoms. The van der Waals surface area contributed by atoms with Crippen molar-refractivity contribution in [3.63, 3.8) is 0 Å². The molecule has 2 aromatic rings. The van der Waals surface area contributed by atoms with Crippen LogP contribution >= 0.6 is 11.3 Å². The summed E-state index contributed by atoms with van der Waals surface area (Å²) in [6.07, 6.45) is 6.14. The number of thiazole rings is 1. The van der Waals surface area contributed by atoms with Gasteiger partial charge >= 0.3 is 0 Å². The van der Waals surface area contributed by atoms with Crippen molar-refractivity contribution in [3.8, 4) is 5.75 Å². The number of hydrogen-bond donors (Lipinski definition) is 0. The van der Waals surface area contributed by atoms with E-state index in [1.165, 1.54) is 5.56 Å². The highest BCUT2D eigenvalue weighted by atomic mass is 32.1. The Labute approximate surface area is 172 Å². The first-order chi connectivity index (χ1) is 13.6. The highest BCUT2D eigenvalue weighted by Gasteiger charge is 2.27. The lowest BCUT2D eigenvalue weighted by Crippen LogP contribution is -2.35. The first-order valence-corrected chi connectivity index (χ1v) is 11.0. The maximum atomic E-state index is 12.8. The number of hydrogen-bond acceptors (Lipinski definition) is 4. The zero-order chi connectivity index (χ0) is 19.9. The van der Waals surface area contributed by atoms with Gasteiger partial charge in [-0.05, 0) is 30.4 Å². The average molecular weight is 399 g/mol. The van der Waals surface area contributed by atoms with Crippen molar-refractivity contribution in [1.29, 1.82) is 0 Å². The second kappa shape index (κ2) is 9.87. The standard InChI is InChI=1S/C23H30N2O2S/c1-4-13-25(23(26)18-9-5-6-10-18)14-19-16-28-22(24-19)15-27-21-12-8-7-11-20(21)17(2)3/h4,7-8,11-12,16-18H,1,5-6,9-10,13-15H2,2-3H3. The second-order valence-electron chi connectivity index (χ2n) is 7.70. The molecule has 4 nitrogen and oxygen atoms in total. The number of rotatable bonds is 9. The molecule has 1 heterocycles. The molecule has 1 saturated carbocycles. The van der Waals surface area contributed by atoms with Gasteiger partial charge in [-0.2, -0.15) is 0 Å². The second-order valence-corrected chi connectivity index (χ2v) is 8.65. The van der Waals surface area contributed by atoms with Crippen LogP contribution in [0.15, 0.2) is 42.3 Å². The average Bonchev–Trinajstić information content (AvgIpc) is 3.38. The zero-order valence-corrected chi connectivity index (χ0v) is 17.7. The normalized spacial score (nSPS) is 14.4. The molecule has 0 radical (unpaired) electrons. The Hall–Kier alpha value is -2.14. The Kier molecular flexibility index (Phi) is 7.26. The highest BCUT2D eigenvalue weighted by Crippen LogP contribution is 2.28. The monoisotopic (exact) mass is 398 g/mol. The molecule has 0 saturated heterocycles. The van der Waals surface area contributed by atoms with E-state index in [4.69, 9.17) is 9.72 Å². The molecule has 0 spiro atoms. The molecule has 3 rings (SSSR count). The van der Waals surface area contributed by atoms with Crippen LogP contribution in [0.5, 0.6) is 5.75 Å². The van der Waals surface area contributed by atoms with Gasteiger partial charge in [0.25, 0.3) is 0 Å². The molecule has 5 heteroatoms. The van der Waals surface area contributed by atoms with E-state index in [1.54, 1.807) is 17.4 Å². The molecule has 0 unspecified atom stereocenters. The van der Waals surface area contributed by atoms with Gasteiger partial charge in [-0.3, -0.25) is 4.79 Å². The number of carbonyl (C=O) groups is 1. The van der Waals surface area contributed by atoms with Gasteiger partial charge in [-0.25, -0.2) is 4.98 Å². The summed E-state index contributed by atoms with van der Waals surface area (Å²) in [7, 11) is 0. The van der Waals surface area contributed by atoms with Crippen LogP contribution in [0.4, 0.5) is 0 Å². The van der Waals surface area contributed by atoms with Crippen molar-refractivity contribution in [2.45, 2.75) is 58.6 Å². The third-order valence-corrected chi connectivity index (χ3v) is 6.08. The highest BCUT2D eigenvalue weighted by molar-refractivity contribution is 7.09. The minimum atomic E-state index is 0.175. The minimum Gasteiger partial charge on any atom is -0.486 e. The van der Waals surface area contributed by atoms with E-state index in [1.807, 2.05) is 28.5 Å².